The molecule has 2 heteroatoms. The molecule has 0 aliphatic rings. The maximum atomic E-state index is 2.30. The number of benzene rings is 6. The molecule has 0 spiro atoms. The molecule has 0 heterocycles. The van der Waals surface area contributed by atoms with E-state index in [2.05, 4.69) is 180 Å². The van der Waals surface area contributed by atoms with Crippen molar-refractivity contribution in [3.63, 3.8) is 0 Å². The second-order valence-corrected chi connectivity index (χ2v) is 9.11. The molecule has 6 rings (SSSR count). The van der Waals surface area contributed by atoms with Crippen LogP contribution in [0, 0.1) is 0 Å². The van der Waals surface area contributed by atoms with Crippen LogP contribution in [0.4, 0.5) is 34.1 Å². The highest BCUT2D eigenvalue weighted by Gasteiger charge is 2.14. The largest absolute Gasteiger partial charge is 0.311 e. The Morgan fingerprint density at radius 3 is 0.870 bits per heavy atom. The van der Waals surface area contributed by atoms with E-state index in [1.807, 2.05) is 55.4 Å². The Balaban J connectivity index is 0.000000856. The molecule has 238 valence electrons. The molecular formula is C44H52N2. The van der Waals surface area contributed by atoms with Crippen molar-refractivity contribution in [2.75, 3.05) is 9.80 Å². The zero-order valence-electron chi connectivity index (χ0n) is 29.1. The van der Waals surface area contributed by atoms with Gasteiger partial charge in [-0.1, -0.05) is 152 Å². The fraction of sp³-hybridized carbons (Fsp3) is 0.182. The molecule has 0 unspecified atom stereocenters. The summed E-state index contributed by atoms with van der Waals surface area (Å²) in [5.41, 5.74) is 9.14. The lowest BCUT2D eigenvalue weighted by Crippen LogP contribution is -2.10. The predicted molar refractivity (Wildman–Crippen MR) is 207 cm³/mol. The van der Waals surface area contributed by atoms with E-state index in [4.69, 9.17) is 0 Å². The van der Waals surface area contributed by atoms with Gasteiger partial charge in [-0.25, -0.2) is 0 Å². The number of hydrogen-bond acceptors (Lipinski definition) is 2. The SMILES string of the molecule is CC.CC.CC.CC.c1ccc(N(c2ccccc2)c2ccc(-c3cccc(N(c4ccccc4)c4ccccc4)c3)cc2)cc1. The molecule has 0 atom stereocenters. The topological polar surface area (TPSA) is 6.48 Å². The van der Waals surface area contributed by atoms with E-state index in [9.17, 15) is 0 Å². The second-order valence-electron chi connectivity index (χ2n) is 9.11. The zero-order chi connectivity index (χ0) is 33.6. The fourth-order valence-corrected chi connectivity index (χ4v) is 4.83. The number of nitrogens with zero attached hydrogens (tertiary/aromatic N) is 2. The Morgan fingerprint density at radius 1 is 0.239 bits per heavy atom. The van der Waals surface area contributed by atoms with Gasteiger partial charge in [0.2, 0.25) is 0 Å². The Morgan fingerprint density at radius 2 is 0.522 bits per heavy atom. The Kier molecular flexibility index (Phi) is 17.4. The van der Waals surface area contributed by atoms with Gasteiger partial charge in [-0.15, -0.1) is 0 Å². The normalized spacial score (nSPS) is 9.30. The summed E-state index contributed by atoms with van der Waals surface area (Å²) < 4.78 is 0. The van der Waals surface area contributed by atoms with Gasteiger partial charge >= 0.3 is 0 Å². The highest BCUT2D eigenvalue weighted by Crippen LogP contribution is 2.38. The lowest BCUT2D eigenvalue weighted by atomic mass is 10.0. The molecule has 0 N–H and O–H groups in total. The molecule has 2 nitrogen and oxygen atoms in total. The monoisotopic (exact) mass is 608 g/mol. The minimum atomic E-state index is 1.12. The smallest absolute Gasteiger partial charge is 0.0467 e. The third-order valence-corrected chi connectivity index (χ3v) is 6.62. The number of rotatable bonds is 7. The molecule has 0 aromatic heterocycles. The van der Waals surface area contributed by atoms with Gasteiger partial charge in [-0.05, 0) is 83.9 Å². The lowest BCUT2D eigenvalue weighted by Gasteiger charge is -2.26. The fourth-order valence-electron chi connectivity index (χ4n) is 4.83. The van der Waals surface area contributed by atoms with E-state index in [1.54, 1.807) is 0 Å². The van der Waals surface area contributed by atoms with E-state index < -0.39 is 0 Å². The standard InChI is InChI=1S/C36H28N2.4C2H6/c1-5-15-31(16-6-1)37(32-17-7-2-8-18-32)35-26-24-29(25-27-35)30-14-13-23-36(28-30)38(33-19-9-3-10-20-33)34-21-11-4-12-22-34;4*1-2/h1-28H;4*1-2H3. The van der Waals surface area contributed by atoms with Crippen molar-refractivity contribution in [1.29, 1.82) is 0 Å². The first kappa shape index (κ1) is 37.1. The van der Waals surface area contributed by atoms with Crippen LogP contribution in [0.1, 0.15) is 55.4 Å². The Labute approximate surface area is 279 Å². The van der Waals surface area contributed by atoms with Gasteiger partial charge < -0.3 is 9.80 Å². The van der Waals surface area contributed by atoms with Crippen LogP contribution < -0.4 is 9.80 Å². The summed E-state index contributed by atoms with van der Waals surface area (Å²) in [5, 5.41) is 0. The second kappa shape index (κ2) is 21.6. The molecule has 0 radical (unpaired) electrons. The van der Waals surface area contributed by atoms with Crippen molar-refractivity contribution >= 4 is 34.1 Å². The van der Waals surface area contributed by atoms with E-state index in [0.717, 1.165) is 34.1 Å². The van der Waals surface area contributed by atoms with Gasteiger partial charge in [0.15, 0.2) is 0 Å². The molecule has 0 saturated carbocycles. The molecule has 0 bridgehead atoms. The molecule has 6 aromatic carbocycles. The lowest BCUT2D eigenvalue weighted by molar-refractivity contribution is 1.28. The van der Waals surface area contributed by atoms with Crippen LogP contribution in [-0.2, 0) is 0 Å². The van der Waals surface area contributed by atoms with Crippen molar-refractivity contribution in [3.05, 3.63) is 170 Å². The van der Waals surface area contributed by atoms with Crippen molar-refractivity contribution in [2.45, 2.75) is 55.4 Å². The number of para-hydroxylation sites is 4. The first-order chi connectivity index (χ1) is 22.9. The predicted octanol–water partition coefficient (Wildman–Crippen LogP) is 14.4. The average Bonchev–Trinajstić information content (AvgIpc) is 3.17. The maximum absolute atomic E-state index is 2.30. The van der Waals surface area contributed by atoms with Crippen molar-refractivity contribution in [3.8, 4) is 11.1 Å². The molecule has 6 aromatic rings. The molecule has 0 amide bonds. The summed E-state index contributed by atoms with van der Waals surface area (Å²) in [6.07, 6.45) is 0. The molecular weight excluding hydrogens is 556 g/mol. The minimum absolute atomic E-state index is 1.12. The summed E-state index contributed by atoms with van der Waals surface area (Å²) in [7, 11) is 0. The highest BCUT2D eigenvalue weighted by molar-refractivity contribution is 5.81. The first-order valence-electron chi connectivity index (χ1n) is 16.9. The molecule has 46 heavy (non-hydrogen) atoms. The molecule has 0 aliphatic carbocycles. The van der Waals surface area contributed by atoms with E-state index in [-0.39, 0.29) is 0 Å². The first-order valence-corrected chi connectivity index (χ1v) is 16.9. The van der Waals surface area contributed by atoms with Crippen molar-refractivity contribution in [2.24, 2.45) is 0 Å². The Bertz CT molecular complexity index is 1500. The van der Waals surface area contributed by atoms with E-state index in [0.29, 0.717) is 0 Å². The van der Waals surface area contributed by atoms with E-state index >= 15 is 0 Å². The van der Waals surface area contributed by atoms with Crippen molar-refractivity contribution in [1.82, 2.24) is 0 Å². The molecule has 0 aliphatic heterocycles. The van der Waals surface area contributed by atoms with Crippen LogP contribution in [0.2, 0.25) is 0 Å². The van der Waals surface area contributed by atoms with Gasteiger partial charge in [-0.2, -0.15) is 0 Å². The summed E-state index contributed by atoms with van der Waals surface area (Å²) >= 11 is 0. The van der Waals surface area contributed by atoms with Crippen LogP contribution in [0.15, 0.2) is 170 Å². The zero-order valence-corrected chi connectivity index (χ0v) is 29.1. The summed E-state index contributed by atoms with van der Waals surface area (Å²) in [4.78, 5) is 4.58. The van der Waals surface area contributed by atoms with Gasteiger partial charge in [0.25, 0.3) is 0 Å². The number of hydrogen-bond donors (Lipinski definition) is 0. The quantitative estimate of drug-likeness (QED) is 0.178. The van der Waals surface area contributed by atoms with Gasteiger partial charge in [0.05, 0.1) is 0 Å². The Hall–Kier alpha value is -5.08. The third-order valence-electron chi connectivity index (χ3n) is 6.62. The summed E-state index contributed by atoms with van der Waals surface area (Å²) in [5.74, 6) is 0. The van der Waals surface area contributed by atoms with Crippen LogP contribution in [0.25, 0.3) is 11.1 Å². The molecule has 0 fully saturated rings. The van der Waals surface area contributed by atoms with Gasteiger partial charge in [0, 0.05) is 34.1 Å². The number of anilines is 6. The molecule has 0 saturated heterocycles. The van der Waals surface area contributed by atoms with Crippen LogP contribution >= 0.6 is 0 Å². The van der Waals surface area contributed by atoms with Gasteiger partial charge in [-0.3, -0.25) is 0 Å². The van der Waals surface area contributed by atoms with Gasteiger partial charge in [0.1, 0.15) is 0 Å². The van der Waals surface area contributed by atoms with E-state index in [1.165, 1.54) is 11.1 Å². The maximum Gasteiger partial charge on any atom is 0.0467 e. The van der Waals surface area contributed by atoms with Crippen LogP contribution in [0.5, 0.6) is 0 Å². The summed E-state index contributed by atoms with van der Waals surface area (Å²) in [6.45, 7) is 16.0. The minimum Gasteiger partial charge on any atom is -0.311 e. The van der Waals surface area contributed by atoms with Crippen molar-refractivity contribution < 1.29 is 0 Å². The summed E-state index contributed by atoms with van der Waals surface area (Å²) in [6, 6.07) is 59.6. The average molecular weight is 609 g/mol. The third kappa shape index (κ3) is 9.97. The van der Waals surface area contributed by atoms with Crippen LogP contribution in [0.3, 0.4) is 0 Å². The van der Waals surface area contributed by atoms with Crippen LogP contribution in [-0.4, -0.2) is 0 Å². The highest BCUT2D eigenvalue weighted by atomic mass is 15.1.